The van der Waals surface area contributed by atoms with Gasteiger partial charge >= 0.3 is 0 Å². The van der Waals surface area contributed by atoms with Crippen LogP contribution in [0.4, 0.5) is 0 Å². The smallest absolute Gasteiger partial charge is 0.159 e. The van der Waals surface area contributed by atoms with Gasteiger partial charge in [0, 0.05) is 26.3 Å². The quantitative estimate of drug-likeness (QED) is 0.749. The third-order valence-electron chi connectivity index (χ3n) is 2.34. The number of nitrogens with one attached hydrogen (secondary N) is 1. The van der Waals surface area contributed by atoms with Crippen LogP contribution in [0.25, 0.3) is 9.88 Å². The van der Waals surface area contributed by atoms with Crippen LogP contribution in [0.3, 0.4) is 0 Å². The molecule has 0 saturated heterocycles. The number of aryl methyl sites for hydroxylation is 1. The van der Waals surface area contributed by atoms with Crippen LogP contribution in [-0.4, -0.2) is 42.0 Å². The Morgan fingerprint density at radius 3 is 3.06 bits per heavy atom. The Hall–Kier alpha value is -0.890. The van der Waals surface area contributed by atoms with Crippen LogP contribution in [0, 0.1) is 0 Å². The van der Waals surface area contributed by atoms with E-state index < -0.39 is 0 Å². The van der Waals surface area contributed by atoms with Gasteiger partial charge in [-0.1, -0.05) is 11.3 Å². The summed E-state index contributed by atoms with van der Waals surface area (Å²) in [5.74, 6) is 0. The number of aromatic nitrogens is 3. The molecule has 0 saturated carbocycles. The van der Waals surface area contributed by atoms with Gasteiger partial charge in [0.25, 0.3) is 0 Å². The Balaban J connectivity index is 1.71. The molecule has 2 aromatic rings. The molecule has 1 N–H and O–H groups in total. The number of hydrogen-bond acceptors (Lipinski definition) is 7. The van der Waals surface area contributed by atoms with Crippen molar-refractivity contribution in [1.82, 2.24) is 20.5 Å². The lowest BCUT2D eigenvalue weighted by Crippen LogP contribution is -2.20. The Labute approximate surface area is 114 Å². The largest absolute Gasteiger partial charge is 0.383 e. The predicted molar refractivity (Wildman–Crippen MR) is 74.1 cm³/mol. The fourth-order valence-corrected chi connectivity index (χ4v) is 2.99. The number of methoxy groups -OCH3 is 1. The van der Waals surface area contributed by atoms with Gasteiger partial charge in [-0.15, -0.1) is 21.5 Å². The lowest BCUT2D eigenvalue weighted by atomic mass is 10.3. The highest BCUT2D eigenvalue weighted by atomic mass is 32.1. The zero-order valence-corrected chi connectivity index (χ0v) is 11.9. The number of ether oxygens (including phenoxy) is 1. The average Bonchev–Trinajstić information content (AvgIpc) is 3.03. The molecule has 0 spiro atoms. The summed E-state index contributed by atoms with van der Waals surface area (Å²) in [4.78, 5) is 5.14. The van der Waals surface area contributed by atoms with E-state index in [1.54, 1.807) is 29.8 Å². The number of rotatable bonds is 8. The molecular formula is C11H16N4OS2. The second-order valence-electron chi connectivity index (χ2n) is 3.71. The minimum absolute atomic E-state index is 0.758. The highest BCUT2D eigenvalue weighted by Gasteiger charge is 2.07. The van der Waals surface area contributed by atoms with Crippen LogP contribution in [-0.2, 0) is 11.2 Å². The normalized spacial score (nSPS) is 10.9. The van der Waals surface area contributed by atoms with Crippen molar-refractivity contribution in [2.75, 3.05) is 26.8 Å². The third kappa shape index (κ3) is 4.09. The fourth-order valence-electron chi connectivity index (χ4n) is 1.44. The Kier molecular flexibility index (Phi) is 5.66. The van der Waals surface area contributed by atoms with E-state index in [1.165, 1.54) is 0 Å². The van der Waals surface area contributed by atoms with Gasteiger partial charge in [-0.05, 0) is 13.0 Å². The number of thiazole rings is 1. The first-order chi connectivity index (χ1) is 8.90. The van der Waals surface area contributed by atoms with E-state index >= 15 is 0 Å². The van der Waals surface area contributed by atoms with Gasteiger partial charge in [0.2, 0.25) is 0 Å². The van der Waals surface area contributed by atoms with Crippen LogP contribution >= 0.6 is 22.7 Å². The van der Waals surface area contributed by atoms with Crippen LogP contribution in [0.15, 0.2) is 11.7 Å². The van der Waals surface area contributed by atoms with Gasteiger partial charge in [-0.25, -0.2) is 0 Å². The molecule has 0 unspecified atom stereocenters. The maximum absolute atomic E-state index is 4.96. The first-order valence-electron chi connectivity index (χ1n) is 5.81. The molecule has 18 heavy (non-hydrogen) atoms. The molecule has 0 aliphatic carbocycles. The highest BCUT2D eigenvalue weighted by molar-refractivity contribution is 7.20. The van der Waals surface area contributed by atoms with Crippen LogP contribution in [0.5, 0.6) is 0 Å². The van der Waals surface area contributed by atoms with E-state index in [1.807, 2.05) is 11.7 Å². The van der Waals surface area contributed by atoms with E-state index in [2.05, 4.69) is 20.5 Å². The van der Waals surface area contributed by atoms with Crippen molar-refractivity contribution >= 4 is 22.7 Å². The average molecular weight is 284 g/mol. The minimum atomic E-state index is 0.758. The number of nitrogens with zero attached hydrogens (tertiary/aromatic N) is 3. The standard InChI is InChI=1S/C11H16N4OS2/c1-16-6-5-12-4-2-3-10-14-15-11(18-10)9-7-13-8-17-9/h7-8,12H,2-6H2,1H3. The molecule has 0 aliphatic heterocycles. The first-order valence-corrected chi connectivity index (χ1v) is 7.50. The van der Waals surface area contributed by atoms with Gasteiger partial charge in [-0.2, -0.15) is 0 Å². The lowest BCUT2D eigenvalue weighted by Gasteiger charge is -2.01. The number of hydrogen-bond donors (Lipinski definition) is 1. The molecule has 2 rings (SSSR count). The summed E-state index contributed by atoms with van der Waals surface area (Å²) < 4.78 is 4.96. The van der Waals surface area contributed by atoms with E-state index in [9.17, 15) is 0 Å². The molecule has 5 nitrogen and oxygen atoms in total. The second kappa shape index (κ2) is 7.52. The van der Waals surface area contributed by atoms with Crippen molar-refractivity contribution in [2.24, 2.45) is 0 Å². The molecule has 98 valence electrons. The van der Waals surface area contributed by atoms with Crippen LogP contribution in [0.1, 0.15) is 11.4 Å². The summed E-state index contributed by atoms with van der Waals surface area (Å²) in [5, 5.41) is 13.8. The molecule has 7 heteroatoms. The summed E-state index contributed by atoms with van der Waals surface area (Å²) in [7, 11) is 1.71. The molecule has 0 bridgehead atoms. The van der Waals surface area contributed by atoms with Gasteiger partial charge in [-0.3, -0.25) is 4.98 Å². The van der Waals surface area contributed by atoms with Gasteiger partial charge in [0.1, 0.15) is 5.01 Å². The maximum atomic E-state index is 4.96. The molecule has 2 aromatic heterocycles. The minimum Gasteiger partial charge on any atom is -0.383 e. The van der Waals surface area contributed by atoms with Crippen molar-refractivity contribution < 1.29 is 4.74 Å². The summed E-state index contributed by atoms with van der Waals surface area (Å²) in [6.45, 7) is 2.64. The lowest BCUT2D eigenvalue weighted by molar-refractivity contribution is 0.199. The summed E-state index contributed by atoms with van der Waals surface area (Å²) in [5.41, 5.74) is 1.82. The van der Waals surface area contributed by atoms with Gasteiger partial charge in [0.15, 0.2) is 5.01 Å². The van der Waals surface area contributed by atoms with Crippen molar-refractivity contribution in [3.8, 4) is 9.88 Å². The monoisotopic (exact) mass is 284 g/mol. The topological polar surface area (TPSA) is 59.9 Å². The summed E-state index contributed by atoms with van der Waals surface area (Å²) in [6, 6.07) is 0. The Morgan fingerprint density at radius 2 is 2.28 bits per heavy atom. The Morgan fingerprint density at radius 1 is 1.33 bits per heavy atom. The zero-order valence-electron chi connectivity index (χ0n) is 10.3. The van der Waals surface area contributed by atoms with Crippen molar-refractivity contribution in [3.63, 3.8) is 0 Å². The molecule has 0 radical (unpaired) electrons. The van der Waals surface area contributed by atoms with E-state index in [0.29, 0.717) is 0 Å². The molecule has 0 aliphatic rings. The fraction of sp³-hybridized carbons (Fsp3) is 0.545. The first kappa shape index (κ1) is 13.5. The predicted octanol–water partition coefficient (Wildman–Crippen LogP) is 1.83. The molecule has 2 heterocycles. The van der Waals surface area contributed by atoms with Gasteiger partial charge in [0.05, 0.1) is 17.0 Å². The summed E-state index contributed by atoms with van der Waals surface area (Å²) >= 11 is 3.25. The molecule has 0 amide bonds. The van der Waals surface area contributed by atoms with Crippen LogP contribution in [0.2, 0.25) is 0 Å². The SMILES string of the molecule is COCCNCCCc1nnc(-c2cncs2)s1. The van der Waals surface area contributed by atoms with E-state index in [4.69, 9.17) is 4.74 Å². The second-order valence-corrected chi connectivity index (χ2v) is 5.66. The molecular weight excluding hydrogens is 268 g/mol. The maximum Gasteiger partial charge on any atom is 0.159 e. The summed E-state index contributed by atoms with van der Waals surface area (Å²) in [6.07, 6.45) is 3.87. The van der Waals surface area contributed by atoms with Crippen molar-refractivity contribution in [2.45, 2.75) is 12.8 Å². The molecule has 0 aromatic carbocycles. The Bertz CT molecular complexity index is 444. The van der Waals surface area contributed by atoms with Crippen LogP contribution < -0.4 is 5.32 Å². The zero-order chi connectivity index (χ0) is 12.6. The molecule has 0 fully saturated rings. The molecule has 0 atom stereocenters. The van der Waals surface area contributed by atoms with Crippen molar-refractivity contribution in [3.05, 3.63) is 16.7 Å². The third-order valence-corrected chi connectivity index (χ3v) is 4.26. The van der Waals surface area contributed by atoms with E-state index in [0.717, 1.165) is 47.4 Å². The van der Waals surface area contributed by atoms with Gasteiger partial charge < -0.3 is 10.1 Å². The van der Waals surface area contributed by atoms with E-state index in [-0.39, 0.29) is 0 Å². The highest BCUT2D eigenvalue weighted by Crippen LogP contribution is 2.26. The van der Waals surface area contributed by atoms with Crippen molar-refractivity contribution in [1.29, 1.82) is 0 Å².